The van der Waals surface area contributed by atoms with Gasteiger partial charge in [0.1, 0.15) is 0 Å². The van der Waals surface area contributed by atoms with Gasteiger partial charge in [0.2, 0.25) is 0 Å². The molecule has 12 rings (SSSR count). The van der Waals surface area contributed by atoms with E-state index < -0.39 is 7.32 Å². The maximum atomic E-state index is 6.19. The molecule has 0 spiro atoms. The molecule has 0 unspecified atom stereocenters. The van der Waals surface area contributed by atoms with Gasteiger partial charge in [-0.2, -0.15) is 0 Å². The molecule has 15 nitrogen and oxygen atoms in total. The number of imidazole rings is 6. The van der Waals surface area contributed by atoms with Gasteiger partial charge in [0.15, 0.2) is 0 Å². The zero-order valence-electron chi connectivity index (χ0n) is 18.1. The molecule has 0 N–H and O–H groups in total. The van der Waals surface area contributed by atoms with Crippen LogP contribution in [0.15, 0.2) is 55.8 Å². The van der Waals surface area contributed by atoms with Gasteiger partial charge in [0.05, 0.1) is 0 Å². The van der Waals surface area contributed by atoms with Gasteiger partial charge in [0, 0.05) is 0 Å². The van der Waals surface area contributed by atoms with Crippen LogP contribution in [0.3, 0.4) is 0 Å². The fraction of sp³-hybridized carbons (Fsp3) is 0. The molecule has 12 heterocycles. The Morgan fingerprint density at radius 3 is 1.14 bits per heavy atom. The summed E-state index contributed by atoms with van der Waals surface area (Å²) in [4.78, 5) is 26.7. The topological polar surface area (TPSA) is 135 Å². The Labute approximate surface area is 225 Å². The fourth-order valence-corrected chi connectivity index (χ4v) is 8.47. The number of hydrogen-bond acceptors (Lipinski definition) is 9. The van der Waals surface area contributed by atoms with Crippen molar-refractivity contribution >= 4 is 80.1 Å². The molecular weight excluding hydrogens is 680 g/mol. The van der Waals surface area contributed by atoms with Crippen molar-refractivity contribution in [1.82, 2.24) is 57.8 Å². The molecule has 0 saturated heterocycles. The van der Waals surface area contributed by atoms with Crippen LogP contribution in [-0.4, -0.2) is 110 Å². The minimum atomic E-state index is -1.26. The molecule has 0 atom stereocenters. The summed E-state index contributed by atoms with van der Waals surface area (Å²) in [6, 6.07) is 0. The predicted octanol–water partition coefficient (Wildman–Crippen LogP) is -6.59. The molecular formula is C18H9BN12O3Se3. The summed E-state index contributed by atoms with van der Waals surface area (Å²) in [6.45, 7) is 0. The molecule has 0 radical (unpaired) electrons. The summed E-state index contributed by atoms with van der Waals surface area (Å²) in [5, 5.41) is 0. The molecule has 37 heavy (non-hydrogen) atoms. The predicted molar refractivity (Wildman–Crippen MR) is 129 cm³/mol. The average molecular weight is 689 g/mol. The van der Waals surface area contributed by atoms with Crippen molar-refractivity contribution in [1.29, 1.82) is 0 Å². The minimum absolute atomic E-state index is 0.241. The molecule has 6 aromatic heterocycles. The molecule has 0 aromatic carbocycles. The Hall–Kier alpha value is -3.72. The fourth-order valence-electron chi connectivity index (χ4n) is 3.93. The van der Waals surface area contributed by atoms with Gasteiger partial charge in [-0.15, -0.1) is 0 Å². The second-order valence-corrected chi connectivity index (χ2v) is 14.0. The second-order valence-electron chi connectivity index (χ2n) is 7.77. The van der Waals surface area contributed by atoms with E-state index >= 15 is 0 Å². The monoisotopic (exact) mass is 692 g/mol. The Bertz CT molecular complexity index is 1640. The van der Waals surface area contributed by atoms with Crippen LogP contribution in [0, 0.1) is 0 Å². The first-order valence-corrected chi connectivity index (χ1v) is 15.8. The molecule has 0 saturated carbocycles. The van der Waals surface area contributed by atoms with Gasteiger partial charge in [-0.25, -0.2) is 0 Å². The van der Waals surface area contributed by atoms with Crippen LogP contribution in [0.25, 0.3) is 17.8 Å². The van der Waals surface area contributed by atoms with Gasteiger partial charge in [0.25, 0.3) is 0 Å². The van der Waals surface area contributed by atoms with E-state index in [-0.39, 0.29) is 44.9 Å². The number of fused-ring (bicyclic) bond motifs is 3. The van der Waals surface area contributed by atoms with E-state index in [1.807, 2.05) is 32.3 Å². The van der Waals surface area contributed by atoms with Crippen molar-refractivity contribution in [3.8, 4) is 17.8 Å². The summed E-state index contributed by atoms with van der Waals surface area (Å²) in [6.07, 6.45) is 15.9. The van der Waals surface area contributed by atoms with E-state index in [1.165, 1.54) is 14.2 Å². The molecule has 0 fully saturated rings. The van der Waals surface area contributed by atoms with Crippen LogP contribution in [0.1, 0.15) is 0 Å². The van der Waals surface area contributed by atoms with E-state index in [9.17, 15) is 0 Å². The summed E-state index contributed by atoms with van der Waals surface area (Å²) in [5.74, 6) is 1.64. The maximum absolute atomic E-state index is 6.19. The molecule has 180 valence electrons. The van der Waals surface area contributed by atoms with Gasteiger partial charge >= 0.3 is 226 Å². The molecule has 0 amide bonds. The molecule has 6 aromatic rings. The normalized spacial score (nSPS) is 13.6. The van der Waals surface area contributed by atoms with Crippen molar-refractivity contribution in [3.63, 3.8) is 0 Å². The Kier molecular flexibility index (Phi) is 4.08. The van der Waals surface area contributed by atoms with Crippen molar-refractivity contribution in [3.05, 3.63) is 55.8 Å². The van der Waals surface area contributed by atoms with Gasteiger partial charge < -0.3 is 0 Å². The molecule has 6 bridgehead atoms. The summed E-state index contributed by atoms with van der Waals surface area (Å²) < 4.78 is 34.9. The third-order valence-electron chi connectivity index (χ3n) is 5.55. The second kappa shape index (κ2) is 7.41. The van der Waals surface area contributed by atoms with Crippen molar-refractivity contribution in [2.75, 3.05) is 0 Å². The quantitative estimate of drug-likeness (QED) is 0.136. The van der Waals surface area contributed by atoms with Crippen LogP contribution < -0.4 is 42.2 Å². The van der Waals surface area contributed by atoms with E-state index in [0.29, 0.717) is 17.8 Å². The molecule has 0 aliphatic carbocycles. The first-order chi connectivity index (χ1) is 18.2. The Balaban J connectivity index is 1.07. The molecule has 19 heteroatoms. The summed E-state index contributed by atoms with van der Waals surface area (Å²) in [7, 11) is -1.26. The van der Waals surface area contributed by atoms with E-state index in [4.69, 9.17) is 14.3 Å². The summed E-state index contributed by atoms with van der Waals surface area (Å²) >= 11 is 0.723. The van der Waals surface area contributed by atoms with Crippen molar-refractivity contribution in [2.45, 2.75) is 0 Å². The van der Waals surface area contributed by atoms with Crippen LogP contribution >= 0.6 is 0 Å². The van der Waals surface area contributed by atoms with E-state index in [0.717, 1.165) is 27.9 Å². The van der Waals surface area contributed by atoms with Crippen LogP contribution in [-0.2, 0) is 0 Å². The van der Waals surface area contributed by atoms with Gasteiger partial charge in [-0.1, -0.05) is 0 Å². The first kappa shape index (κ1) is 20.4. The van der Waals surface area contributed by atoms with Crippen molar-refractivity contribution < 1.29 is 14.3 Å². The SMILES string of the molecule is c1cn(OB(On2ccnc2-n2cc3nc2[Se]3)On2ccnc2-n2cc3nc2[Se]3)c(-n2cc3nc2[Se]3)n1. The number of rotatable bonds is 9. The zero-order chi connectivity index (χ0) is 24.1. The summed E-state index contributed by atoms with van der Waals surface area (Å²) in [5.41, 5.74) is 0. The third kappa shape index (κ3) is 3.06. The number of hydrogen-bond donors (Lipinski definition) is 0. The number of nitrogens with zero attached hydrogens (tertiary/aromatic N) is 12. The van der Waals surface area contributed by atoms with Gasteiger partial charge in [-0.3, -0.25) is 0 Å². The molecule has 6 aliphatic rings. The number of aromatic nitrogens is 12. The van der Waals surface area contributed by atoms with E-state index in [2.05, 4.69) is 29.9 Å². The van der Waals surface area contributed by atoms with Crippen LogP contribution in [0.5, 0.6) is 0 Å². The van der Waals surface area contributed by atoms with Gasteiger partial charge in [-0.05, 0) is 0 Å². The van der Waals surface area contributed by atoms with Crippen LogP contribution in [0.2, 0.25) is 0 Å². The standard InChI is InChI=1S/C18H9BN12O3Se3/c1-4-29(13(20-1)26-7-10-23-16(26)35-10)32-19(33-30-5-2-21-14(30)27-8-11-24-17(27)36-11)34-31-6-3-22-15(31)28-9-12-25-18(28)37-12/h1-9H. The van der Waals surface area contributed by atoms with Crippen molar-refractivity contribution in [2.24, 2.45) is 0 Å². The zero-order valence-corrected chi connectivity index (χ0v) is 23.2. The first-order valence-electron chi connectivity index (χ1n) is 10.7. The Morgan fingerprint density at radius 2 is 0.865 bits per heavy atom. The Morgan fingerprint density at radius 1 is 0.541 bits per heavy atom. The average Bonchev–Trinajstić information content (AvgIpc) is 3.63. The third-order valence-corrected chi connectivity index (χ3v) is 11.1. The van der Waals surface area contributed by atoms with Crippen LogP contribution in [0.4, 0.5) is 0 Å². The molecule has 6 aliphatic heterocycles. The van der Waals surface area contributed by atoms with E-state index in [1.54, 1.807) is 37.2 Å².